The van der Waals surface area contributed by atoms with Crippen LogP contribution in [0.1, 0.15) is 18.4 Å². The second kappa shape index (κ2) is 7.05. The van der Waals surface area contributed by atoms with Crippen LogP contribution >= 0.6 is 0 Å². The van der Waals surface area contributed by atoms with Crippen molar-refractivity contribution in [1.29, 1.82) is 0 Å². The van der Waals surface area contributed by atoms with E-state index in [1.165, 1.54) is 18.2 Å². The molecule has 2 rings (SSSR count). The molecule has 0 aliphatic carbocycles. The number of fused-ring (bicyclic) bond motifs is 1. The van der Waals surface area contributed by atoms with E-state index in [4.69, 9.17) is 4.42 Å². The molecule has 0 saturated carbocycles. The van der Waals surface area contributed by atoms with Crippen molar-refractivity contribution >= 4 is 28.2 Å². The average molecular weight is 330 g/mol. The molecule has 2 aromatic rings. The van der Waals surface area contributed by atoms with Crippen molar-refractivity contribution in [3.8, 4) is 0 Å². The van der Waals surface area contributed by atoms with Crippen LogP contribution in [-0.2, 0) is 6.61 Å². The summed E-state index contributed by atoms with van der Waals surface area (Å²) in [6.07, 6.45) is 3.09. The zero-order valence-corrected chi connectivity index (χ0v) is 13.7. The van der Waals surface area contributed by atoms with Gasteiger partial charge in [-0.25, -0.2) is 9.98 Å². The van der Waals surface area contributed by atoms with E-state index in [1.807, 2.05) is 25.9 Å². The van der Waals surface area contributed by atoms with E-state index in [9.17, 15) is 15.2 Å². The summed E-state index contributed by atoms with van der Waals surface area (Å²) < 4.78 is 5.65. The van der Waals surface area contributed by atoms with Crippen molar-refractivity contribution < 1.29 is 14.4 Å². The number of nitro benzene ring substituents is 1. The second-order valence-corrected chi connectivity index (χ2v) is 5.25. The fourth-order valence-corrected chi connectivity index (χ4v) is 1.91. The molecule has 1 N–H and O–H groups in total. The minimum atomic E-state index is -0.540. The molecule has 24 heavy (non-hydrogen) atoms. The lowest BCUT2D eigenvalue weighted by molar-refractivity contribution is -0.384. The molecule has 0 radical (unpaired) electrons. The van der Waals surface area contributed by atoms with Crippen LogP contribution in [0.5, 0.6) is 0 Å². The molecule has 0 unspecified atom stereocenters. The Bertz CT molecular complexity index is 849. The third kappa shape index (κ3) is 3.49. The predicted molar refractivity (Wildman–Crippen MR) is 91.6 cm³/mol. The second-order valence-electron chi connectivity index (χ2n) is 5.25. The van der Waals surface area contributed by atoms with Crippen LogP contribution in [0, 0.1) is 10.1 Å². The summed E-state index contributed by atoms with van der Waals surface area (Å²) in [5.74, 6) is 1.00. The summed E-state index contributed by atoms with van der Waals surface area (Å²) in [4.78, 5) is 20.8. The number of oxazole rings is 1. The van der Waals surface area contributed by atoms with Crippen molar-refractivity contribution in [1.82, 2.24) is 9.88 Å². The number of non-ortho nitro benzene ring substituents is 1. The zero-order chi connectivity index (χ0) is 17.9. The number of aliphatic hydroxyl groups excluding tert-OH is 1. The van der Waals surface area contributed by atoms with Crippen LogP contribution in [-0.4, -0.2) is 39.8 Å². The van der Waals surface area contributed by atoms with Crippen molar-refractivity contribution in [3.63, 3.8) is 0 Å². The smallest absolute Gasteiger partial charge is 0.272 e. The molecule has 8 heteroatoms. The van der Waals surface area contributed by atoms with Crippen molar-refractivity contribution in [2.75, 3.05) is 14.1 Å². The van der Waals surface area contributed by atoms with Crippen LogP contribution in [0.4, 0.5) is 5.69 Å². The van der Waals surface area contributed by atoms with E-state index >= 15 is 0 Å². The van der Waals surface area contributed by atoms with Gasteiger partial charge in [0.2, 0.25) is 5.89 Å². The number of nitrogens with zero attached hydrogens (tertiary/aromatic N) is 4. The molecule has 0 bridgehead atoms. The molecule has 1 heterocycles. The Balaban J connectivity index is 2.56. The number of aromatic nitrogens is 1. The van der Waals surface area contributed by atoms with E-state index < -0.39 is 11.5 Å². The number of aliphatic imine (C=N–C) groups is 1. The molecule has 8 nitrogen and oxygen atoms in total. The summed E-state index contributed by atoms with van der Waals surface area (Å²) in [6.45, 7) is 5.16. The molecule has 1 aromatic heterocycles. The molecule has 1 aromatic carbocycles. The normalized spacial score (nSPS) is 12.5. The molecule has 0 fully saturated rings. The summed E-state index contributed by atoms with van der Waals surface area (Å²) in [5, 5.41) is 20.4. The summed E-state index contributed by atoms with van der Waals surface area (Å²) >= 11 is 0. The van der Waals surface area contributed by atoms with Gasteiger partial charge in [-0.05, 0) is 6.92 Å². The number of allylic oxidation sites excluding steroid dienone is 2. The average Bonchev–Trinajstić information content (AvgIpc) is 2.97. The quantitative estimate of drug-likeness (QED) is 0.297. The first-order valence-electron chi connectivity index (χ1n) is 7.10. The molecule has 0 amide bonds. The molecule has 0 spiro atoms. The number of nitro groups is 1. The highest BCUT2D eigenvalue weighted by molar-refractivity contribution is 5.84. The van der Waals surface area contributed by atoms with Crippen LogP contribution < -0.4 is 0 Å². The molecule has 0 saturated heterocycles. The fourth-order valence-electron chi connectivity index (χ4n) is 1.91. The number of amidine groups is 1. The Morgan fingerprint density at radius 3 is 2.79 bits per heavy atom. The lowest BCUT2D eigenvalue weighted by Gasteiger charge is -2.09. The maximum absolute atomic E-state index is 11.0. The minimum Gasteiger partial charge on any atom is -0.436 e. The van der Waals surface area contributed by atoms with Gasteiger partial charge in [0.05, 0.1) is 17.1 Å². The first-order valence-corrected chi connectivity index (χ1v) is 7.10. The molecule has 0 aliphatic heterocycles. The maximum atomic E-state index is 11.0. The molecule has 0 aliphatic rings. The van der Waals surface area contributed by atoms with Crippen molar-refractivity contribution in [3.05, 3.63) is 52.6 Å². The van der Waals surface area contributed by atoms with Gasteiger partial charge >= 0.3 is 0 Å². The van der Waals surface area contributed by atoms with Gasteiger partial charge in [-0.1, -0.05) is 12.7 Å². The highest BCUT2D eigenvalue weighted by Gasteiger charge is 2.17. The Labute approximate surface area is 138 Å². The summed E-state index contributed by atoms with van der Waals surface area (Å²) in [5.41, 5.74) is 1.27. The Morgan fingerprint density at radius 2 is 2.25 bits per heavy atom. The van der Waals surface area contributed by atoms with Gasteiger partial charge in [-0.3, -0.25) is 10.1 Å². The molecular weight excluding hydrogens is 312 g/mol. The number of benzene rings is 1. The van der Waals surface area contributed by atoms with Gasteiger partial charge in [0.15, 0.2) is 5.58 Å². The summed E-state index contributed by atoms with van der Waals surface area (Å²) in [7, 11) is 3.73. The van der Waals surface area contributed by atoms with Crippen molar-refractivity contribution in [2.24, 2.45) is 4.99 Å². The monoisotopic (exact) mass is 330 g/mol. The van der Waals surface area contributed by atoms with Gasteiger partial charge < -0.3 is 14.4 Å². The largest absolute Gasteiger partial charge is 0.436 e. The van der Waals surface area contributed by atoms with Crippen LogP contribution in [0.3, 0.4) is 0 Å². The van der Waals surface area contributed by atoms with Gasteiger partial charge in [0, 0.05) is 38.0 Å². The maximum Gasteiger partial charge on any atom is 0.272 e. The summed E-state index contributed by atoms with van der Waals surface area (Å²) in [6, 6.07) is 2.57. The van der Waals surface area contributed by atoms with Gasteiger partial charge in [-0.15, -0.1) is 0 Å². The van der Waals surface area contributed by atoms with Crippen LogP contribution in [0.15, 0.2) is 40.4 Å². The SMILES string of the molecule is C=C/C(=C\N=C(C)N(C)C)c1nc2cc([N+](=O)[O-])cc(CO)c2o1. The Morgan fingerprint density at radius 1 is 1.54 bits per heavy atom. The Kier molecular flexibility index (Phi) is 5.10. The van der Waals surface area contributed by atoms with Crippen LogP contribution in [0.2, 0.25) is 0 Å². The number of aliphatic hydroxyl groups is 1. The first-order chi connectivity index (χ1) is 11.4. The lowest BCUT2D eigenvalue weighted by atomic mass is 10.2. The van der Waals surface area contributed by atoms with E-state index in [0.29, 0.717) is 22.2 Å². The molecular formula is C16H18N4O4. The van der Waals surface area contributed by atoms with E-state index in [1.54, 1.807) is 6.20 Å². The lowest BCUT2D eigenvalue weighted by Crippen LogP contribution is -2.17. The van der Waals surface area contributed by atoms with E-state index in [2.05, 4.69) is 16.6 Å². The zero-order valence-electron chi connectivity index (χ0n) is 13.7. The minimum absolute atomic E-state index is 0.156. The number of hydrogen-bond donors (Lipinski definition) is 1. The molecule has 126 valence electrons. The van der Waals surface area contributed by atoms with E-state index in [-0.39, 0.29) is 11.6 Å². The third-order valence-electron chi connectivity index (χ3n) is 3.44. The standard InChI is InChI=1S/C16H18N4O4/c1-5-11(8-17-10(2)19(3)4)16-18-14-7-13(20(22)23)6-12(9-21)15(14)24-16/h5-8,21H,1,9H2,2-4H3/b11-8+,17-10?. The van der Waals surface area contributed by atoms with E-state index in [0.717, 1.165) is 5.84 Å². The highest BCUT2D eigenvalue weighted by Crippen LogP contribution is 2.28. The fraction of sp³-hybridized carbons (Fsp3) is 0.250. The van der Waals surface area contributed by atoms with Gasteiger partial charge in [0.1, 0.15) is 11.4 Å². The predicted octanol–water partition coefficient (Wildman–Crippen LogP) is 2.74. The topological polar surface area (TPSA) is 105 Å². The number of rotatable bonds is 5. The van der Waals surface area contributed by atoms with Crippen molar-refractivity contribution in [2.45, 2.75) is 13.5 Å². The van der Waals surface area contributed by atoms with Gasteiger partial charge in [-0.2, -0.15) is 0 Å². The third-order valence-corrected chi connectivity index (χ3v) is 3.44. The molecule has 0 atom stereocenters. The Hall–Kier alpha value is -3.00. The van der Waals surface area contributed by atoms with Crippen LogP contribution in [0.25, 0.3) is 16.7 Å². The first kappa shape index (κ1) is 17.4. The highest BCUT2D eigenvalue weighted by atomic mass is 16.6. The number of hydrogen-bond acceptors (Lipinski definition) is 6. The van der Waals surface area contributed by atoms with Gasteiger partial charge in [0.25, 0.3) is 5.69 Å².